The molecule has 0 saturated heterocycles. The average Bonchev–Trinajstić information content (AvgIpc) is 1.97. The molecular weight excluding hydrogens is 233 g/mol. The maximum atomic E-state index is 12.3. The fourth-order valence-electron chi connectivity index (χ4n) is 0.784. The zero-order chi connectivity index (χ0) is 10.2. The van der Waals surface area contributed by atoms with E-state index >= 15 is 0 Å². The number of halogens is 5. The first-order valence-corrected chi connectivity index (χ1v) is 3.20. The molecular formula is C6H3BF5KO. The minimum absolute atomic E-state index is 0. The van der Waals surface area contributed by atoms with Gasteiger partial charge < -0.3 is 18.1 Å². The van der Waals surface area contributed by atoms with Crippen LogP contribution in [0.4, 0.5) is 21.7 Å². The molecule has 0 aromatic heterocycles. The summed E-state index contributed by atoms with van der Waals surface area (Å²) in [7, 11) is 0. The number of phenolic OH excluding ortho intramolecular Hbond substituents is 1. The second-order valence-corrected chi connectivity index (χ2v) is 2.41. The Balaban J connectivity index is 0.00000169. The number of aromatic hydroxyl groups is 1. The van der Waals surface area contributed by atoms with Crippen molar-refractivity contribution in [2.45, 2.75) is 0 Å². The van der Waals surface area contributed by atoms with Crippen molar-refractivity contribution in [3.05, 3.63) is 23.8 Å². The third-order valence-electron chi connectivity index (χ3n) is 1.41. The van der Waals surface area contributed by atoms with Crippen LogP contribution < -0.4 is 56.8 Å². The molecule has 1 rings (SSSR count). The van der Waals surface area contributed by atoms with Crippen molar-refractivity contribution in [2.75, 3.05) is 0 Å². The molecule has 0 spiro atoms. The maximum absolute atomic E-state index is 12.3. The van der Waals surface area contributed by atoms with Crippen LogP contribution in [0.15, 0.2) is 12.1 Å². The first-order valence-electron chi connectivity index (χ1n) is 3.20. The molecule has 0 atom stereocenters. The van der Waals surface area contributed by atoms with Crippen LogP contribution in [0.3, 0.4) is 0 Å². The molecule has 0 heterocycles. The minimum atomic E-state index is -5.42. The molecule has 0 aliphatic rings. The normalized spacial score (nSPS) is 10.9. The predicted molar refractivity (Wildman–Crippen MR) is 36.7 cm³/mol. The Labute approximate surface area is 119 Å². The molecule has 0 aliphatic carbocycles. The van der Waals surface area contributed by atoms with Crippen molar-refractivity contribution < 1.29 is 78.2 Å². The number of phenols is 1. The summed E-state index contributed by atoms with van der Waals surface area (Å²) in [6.45, 7) is -5.42. The Kier molecular flexibility index (Phi) is 5.06. The Morgan fingerprint density at radius 2 is 1.57 bits per heavy atom. The van der Waals surface area contributed by atoms with E-state index in [0.717, 1.165) is 0 Å². The van der Waals surface area contributed by atoms with Crippen LogP contribution in [-0.4, -0.2) is 12.1 Å². The van der Waals surface area contributed by atoms with Gasteiger partial charge in [-0.05, 0) is 12.1 Å². The van der Waals surface area contributed by atoms with E-state index in [-0.39, 0.29) is 63.5 Å². The standard InChI is InChI=1S/C6H3BF5O.K/c8-4-1-3(7(10,11)12)2-5(13)6(4)9;/h1-2,13H;/q-1;+1. The first-order chi connectivity index (χ1) is 5.82. The summed E-state index contributed by atoms with van der Waals surface area (Å²) in [5.41, 5.74) is -1.36. The van der Waals surface area contributed by atoms with Crippen LogP contribution in [0.25, 0.3) is 0 Å². The number of hydrogen-bond donors (Lipinski definition) is 1. The van der Waals surface area contributed by atoms with Crippen LogP contribution in [0.5, 0.6) is 5.75 Å². The molecule has 14 heavy (non-hydrogen) atoms. The molecule has 8 heteroatoms. The fraction of sp³-hybridized carbons (Fsp3) is 0. The average molecular weight is 236 g/mol. The molecule has 0 aliphatic heterocycles. The van der Waals surface area contributed by atoms with Crippen molar-refractivity contribution in [1.82, 2.24) is 0 Å². The largest absolute Gasteiger partial charge is 1.00 e. The van der Waals surface area contributed by atoms with Gasteiger partial charge >= 0.3 is 58.4 Å². The molecule has 0 bridgehead atoms. The maximum Gasteiger partial charge on any atom is 1.00 e. The third-order valence-corrected chi connectivity index (χ3v) is 1.41. The Morgan fingerprint density at radius 3 is 1.93 bits per heavy atom. The number of hydrogen-bond acceptors (Lipinski definition) is 1. The summed E-state index contributed by atoms with van der Waals surface area (Å²) >= 11 is 0. The van der Waals surface area contributed by atoms with Gasteiger partial charge in [-0.2, -0.15) is 4.39 Å². The van der Waals surface area contributed by atoms with Gasteiger partial charge in [0.25, 0.3) is 0 Å². The van der Waals surface area contributed by atoms with Gasteiger partial charge in [0, 0.05) is 0 Å². The van der Waals surface area contributed by atoms with E-state index in [4.69, 9.17) is 5.11 Å². The van der Waals surface area contributed by atoms with E-state index in [0.29, 0.717) is 0 Å². The second kappa shape index (κ2) is 4.93. The van der Waals surface area contributed by atoms with E-state index in [1.165, 1.54) is 0 Å². The molecule has 0 radical (unpaired) electrons. The Hall–Kier alpha value is 0.371. The van der Waals surface area contributed by atoms with E-state index in [1.807, 2.05) is 0 Å². The van der Waals surface area contributed by atoms with Crippen molar-refractivity contribution in [2.24, 2.45) is 0 Å². The van der Waals surface area contributed by atoms with Gasteiger partial charge in [0.15, 0.2) is 17.4 Å². The van der Waals surface area contributed by atoms with Crippen LogP contribution in [0.2, 0.25) is 0 Å². The van der Waals surface area contributed by atoms with E-state index < -0.39 is 29.8 Å². The van der Waals surface area contributed by atoms with Gasteiger partial charge in [-0.25, -0.2) is 4.39 Å². The summed E-state index contributed by atoms with van der Waals surface area (Å²) in [5, 5.41) is 8.54. The quantitative estimate of drug-likeness (QED) is 0.476. The van der Waals surface area contributed by atoms with Gasteiger partial charge in [0.05, 0.1) is 0 Å². The summed E-state index contributed by atoms with van der Waals surface area (Å²) in [5.74, 6) is -4.73. The van der Waals surface area contributed by atoms with Crippen LogP contribution in [-0.2, 0) is 0 Å². The minimum Gasteiger partial charge on any atom is -0.505 e. The van der Waals surface area contributed by atoms with Crippen LogP contribution in [0.1, 0.15) is 0 Å². The Morgan fingerprint density at radius 1 is 1.07 bits per heavy atom. The first kappa shape index (κ1) is 14.4. The van der Waals surface area contributed by atoms with Crippen molar-refractivity contribution in [3.8, 4) is 5.75 Å². The molecule has 0 saturated carbocycles. The van der Waals surface area contributed by atoms with E-state index in [9.17, 15) is 21.7 Å². The molecule has 1 N–H and O–H groups in total. The molecule has 1 nitrogen and oxygen atoms in total. The van der Waals surface area contributed by atoms with E-state index in [2.05, 4.69) is 0 Å². The summed E-state index contributed by atoms with van der Waals surface area (Å²) in [6.07, 6.45) is 0. The molecule has 0 unspecified atom stereocenters. The molecule has 1 aromatic carbocycles. The van der Waals surface area contributed by atoms with Gasteiger partial charge in [-0.3, -0.25) is 0 Å². The molecule has 0 amide bonds. The second-order valence-electron chi connectivity index (χ2n) is 2.41. The number of benzene rings is 1. The van der Waals surface area contributed by atoms with E-state index in [1.54, 1.807) is 0 Å². The predicted octanol–water partition coefficient (Wildman–Crippen LogP) is -1.27. The monoisotopic (exact) mass is 236 g/mol. The number of rotatable bonds is 1. The van der Waals surface area contributed by atoms with Gasteiger partial charge in [0.2, 0.25) is 0 Å². The summed E-state index contributed by atoms with van der Waals surface area (Å²) < 4.78 is 60.5. The zero-order valence-electron chi connectivity index (χ0n) is 7.07. The SMILES string of the molecule is Oc1cc([B-](F)(F)F)cc(F)c1F.[K+]. The Bertz CT molecular complexity index is 316. The molecule has 0 fully saturated rings. The van der Waals surface area contributed by atoms with Gasteiger partial charge in [-0.15, -0.1) is 5.46 Å². The van der Waals surface area contributed by atoms with Crippen LogP contribution >= 0.6 is 0 Å². The molecule has 72 valence electrons. The van der Waals surface area contributed by atoms with Crippen molar-refractivity contribution >= 4 is 12.4 Å². The van der Waals surface area contributed by atoms with Gasteiger partial charge in [-0.1, -0.05) is 0 Å². The smallest absolute Gasteiger partial charge is 0.505 e. The summed E-state index contributed by atoms with van der Waals surface area (Å²) in [4.78, 5) is 0. The topological polar surface area (TPSA) is 20.2 Å². The van der Waals surface area contributed by atoms with Gasteiger partial charge in [0.1, 0.15) is 0 Å². The summed E-state index contributed by atoms with van der Waals surface area (Å²) in [6, 6.07) is 0.160. The molecule has 1 aromatic rings. The van der Waals surface area contributed by atoms with Crippen molar-refractivity contribution in [1.29, 1.82) is 0 Å². The van der Waals surface area contributed by atoms with Crippen molar-refractivity contribution in [3.63, 3.8) is 0 Å². The fourth-order valence-corrected chi connectivity index (χ4v) is 0.784. The third kappa shape index (κ3) is 3.20. The van der Waals surface area contributed by atoms with Crippen LogP contribution in [0, 0.1) is 11.6 Å². The zero-order valence-corrected chi connectivity index (χ0v) is 10.2.